The number of rotatable bonds is 2. The predicted molar refractivity (Wildman–Crippen MR) is 78.9 cm³/mol. The number of carbonyl (C=O) groups is 2. The lowest BCUT2D eigenvalue weighted by molar-refractivity contribution is -0.146. The molecule has 1 aliphatic rings. The molecule has 0 saturated carbocycles. The molecule has 6 heteroatoms. The van der Waals surface area contributed by atoms with Crippen molar-refractivity contribution in [3.8, 4) is 0 Å². The molecule has 0 aliphatic carbocycles. The molecule has 1 fully saturated rings. The van der Waals surface area contributed by atoms with E-state index in [1.54, 1.807) is 11.8 Å². The van der Waals surface area contributed by atoms with Crippen LogP contribution in [-0.2, 0) is 9.59 Å². The van der Waals surface area contributed by atoms with E-state index in [4.69, 9.17) is 11.6 Å². The first-order chi connectivity index (χ1) is 9.61. The predicted octanol–water partition coefficient (Wildman–Crippen LogP) is 1.12. The fourth-order valence-corrected chi connectivity index (χ4v) is 2.40. The molecule has 2 amide bonds. The number of hydrogen-bond donors (Lipinski definition) is 1. The quantitative estimate of drug-likeness (QED) is 0.832. The molecule has 108 valence electrons. The largest absolute Gasteiger partial charge is 0.368 e. The van der Waals surface area contributed by atoms with E-state index in [0.717, 1.165) is 5.69 Å². The Morgan fingerprint density at radius 3 is 2.55 bits per heavy atom. The first kappa shape index (κ1) is 14.7. The number of benzene rings is 1. The zero-order valence-electron chi connectivity index (χ0n) is 11.4. The molecular formula is C14H18ClN3O2. The smallest absolute Gasteiger partial charge is 0.312 e. The van der Waals surface area contributed by atoms with Crippen molar-refractivity contribution in [3.63, 3.8) is 0 Å². The highest BCUT2D eigenvalue weighted by atomic mass is 35.5. The van der Waals surface area contributed by atoms with E-state index >= 15 is 0 Å². The van der Waals surface area contributed by atoms with Crippen molar-refractivity contribution in [2.45, 2.75) is 6.92 Å². The summed E-state index contributed by atoms with van der Waals surface area (Å²) in [6.07, 6.45) is 0. The second kappa shape index (κ2) is 6.61. The van der Waals surface area contributed by atoms with E-state index in [1.165, 1.54) is 0 Å². The first-order valence-electron chi connectivity index (χ1n) is 6.69. The highest BCUT2D eigenvalue weighted by molar-refractivity contribution is 6.35. The van der Waals surface area contributed by atoms with Gasteiger partial charge in [-0.15, -0.1) is 0 Å². The van der Waals surface area contributed by atoms with E-state index in [9.17, 15) is 9.59 Å². The maximum absolute atomic E-state index is 11.9. The minimum Gasteiger partial charge on any atom is -0.368 e. The van der Waals surface area contributed by atoms with Gasteiger partial charge in [0, 0.05) is 43.4 Å². The zero-order chi connectivity index (χ0) is 14.5. The van der Waals surface area contributed by atoms with Crippen molar-refractivity contribution in [1.29, 1.82) is 0 Å². The van der Waals surface area contributed by atoms with Crippen LogP contribution >= 0.6 is 11.6 Å². The van der Waals surface area contributed by atoms with Gasteiger partial charge in [-0.2, -0.15) is 0 Å². The number of likely N-dealkylation sites (N-methyl/N-ethyl adjacent to an activating group) is 1. The van der Waals surface area contributed by atoms with E-state index in [2.05, 4.69) is 10.2 Å². The van der Waals surface area contributed by atoms with Crippen LogP contribution in [0, 0.1) is 0 Å². The molecule has 0 spiro atoms. The van der Waals surface area contributed by atoms with Gasteiger partial charge >= 0.3 is 11.8 Å². The molecule has 0 atom stereocenters. The Morgan fingerprint density at radius 1 is 1.25 bits per heavy atom. The molecule has 1 aliphatic heterocycles. The Morgan fingerprint density at radius 2 is 1.95 bits per heavy atom. The van der Waals surface area contributed by atoms with Gasteiger partial charge in [-0.25, -0.2) is 0 Å². The SMILES string of the molecule is CCNC(=O)C(=O)N1CCN(c2cccc(Cl)c2)CC1. The maximum atomic E-state index is 11.9. The van der Waals surface area contributed by atoms with Crippen LogP contribution in [0.3, 0.4) is 0 Å². The molecule has 5 nitrogen and oxygen atoms in total. The summed E-state index contributed by atoms with van der Waals surface area (Å²) in [7, 11) is 0. The summed E-state index contributed by atoms with van der Waals surface area (Å²) < 4.78 is 0. The van der Waals surface area contributed by atoms with Crippen LogP contribution in [-0.4, -0.2) is 49.4 Å². The van der Waals surface area contributed by atoms with Gasteiger partial charge in [-0.05, 0) is 25.1 Å². The van der Waals surface area contributed by atoms with Crippen molar-refractivity contribution in [2.75, 3.05) is 37.6 Å². The van der Waals surface area contributed by atoms with Crippen LogP contribution in [0.15, 0.2) is 24.3 Å². The number of anilines is 1. The molecule has 1 aromatic carbocycles. The topological polar surface area (TPSA) is 52.7 Å². The van der Waals surface area contributed by atoms with E-state index in [-0.39, 0.29) is 0 Å². The lowest BCUT2D eigenvalue weighted by atomic mass is 10.2. The monoisotopic (exact) mass is 295 g/mol. The van der Waals surface area contributed by atoms with Crippen LogP contribution in [0.25, 0.3) is 0 Å². The van der Waals surface area contributed by atoms with Gasteiger partial charge < -0.3 is 15.1 Å². The molecule has 1 N–H and O–H groups in total. The van der Waals surface area contributed by atoms with Crippen molar-refractivity contribution < 1.29 is 9.59 Å². The lowest BCUT2D eigenvalue weighted by Gasteiger charge is -2.35. The van der Waals surface area contributed by atoms with Crippen LogP contribution in [0.2, 0.25) is 5.02 Å². The third-order valence-corrected chi connectivity index (χ3v) is 3.51. The molecular weight excluding hydrogens is 278 g/mol. The number of carbonyl (C=O) groups excluding carboxylic acids is 2. The second-order valence-corrected chi connectivity index (χ2v) is 5.06. The van der Waals surface area contributed by atoms with Crippen molar-refractivity contribution in [3.05, 3.63) is 29.3 Å². The Labute approximate surface area is 123 Å². The fourth-order valence-electron chi connectivity index (χ4n) is 2.22. The summed E-state index contributed by atoms with van der Waals surface area (Å²) in [5.41, 5.74) is 1.04. The third kappa shape index (κ3) is 3.42. The number of piperazine rings is 1. The van der Waals surface area contributed by atoms with Gasteiger partial charge in [0.1, 0.15) is 0 Å². The highest BCUT2D eigenvalue weighted by Gasteiger charge is 2.25. The average Bonchev–Trinajstić information content (AvgIpc) is 2.47. The number of amides is 2. The van der Waals surface area contributed by atoms with Gasteiger partial charge in [0.25, 0.3) is 0 Å². The standard InChI is InChI=1S/C14H18ClN3O2/c1-2-16-13(19)14(20)18-8-6-17(7-9-18)12-5-3-4-11(15)10-12/h3-5,10H,2,6-9H2,1H3,(H,16,19). The van der Waals surface area contributed by atoms with Gasteiger partial charge in [0.15, 0.2) is 0 Å². The third-order valence-electron chi connectivity index (χ3n) is 3.27. The molecule has 1 saturated heterocycles. The summed E-state index contributed by atoms with van der Waals surface area (Å²) in [5, 5.41) is 3.23. The summed E-state index contributed by atoms with van der Waals surface area (Å²) in [4.78, 5) is 27.1. The fraction of sp³-hybridized carbons (Fsp3) is 0.429. The molecule has 0 bridgehead atoms. The summed E-state index contributed by atoms with van der Waals surface area (Å²) in [6.45, 7) is 4.75. The summed E-state index contributed by atoms with van der Waals surface area (Å²) in [5.74, 6) is -0.971. The Balaban J connectivity index is 1.92. The van der Waals surface area contributed by atoms with Crippen LogP contribution in [0.1, 0.15) is 6.92 Å². The Kier molecular flexibility index (Phi) is 4.84. The highest BCUT2D eigenvalue weighted by Crippen LogP contribution is 2.20. The number of nitrogens with zero attached hydrogens (tertiary/aromatic N) is 2. The lowest BCUT2D eigenvalue weighted by Crippen LogP contribution is -2.52. The van der Waals surface area contributed by atoms with Crippen molar-refractivity contribution >= 4 is 29.1 Å². The van der Waals surface area contributed by atoms with E-state index < -0.39 is 11.8 Å². The molecule has 1 aromatic rings. The van der Waals surface area contributed by atoms with E-state index in [0.29, 0.717) is 37.7 Å². The summed E-state index contributed by atoms with van der Waals surface area (Å²) >= 11 is 5.98. The Bertz CT molecular complexity index is 499. The van der Waals surface area contributed by atoms with Crippen LogP contribution in [0.5, 0.6) is 0 Å². The molecule has 1 heterocycles. The second-order valence-electron chi connectivity index (χ2n) is 4.62. The van der Waals surface area contributed by atoms with Crippen molar-refractivity contribution in [2.24, 2.45) is 0 Å². The maximum Gasteiger partial charge on any atom is 0.312 e. The van der Waals surface area contributed by atoms with Gasteiger partial charge in [-0.1, -0.05) is 17.7 Å². The van der Waals surface area contributed by atoms with Crippen LogP contribution < -0.4 is 10.2 Å². The van der Waals surface area contributed by atoms with Gasteiger partial charge in [-0.3, -0.25) is 9.59 Å². The molecule has 0 unspecified atom stereocenters. The van der Waals surface area contributed by atoms with Gasteiger partial charge in [0.05, 0.1) is 0 Å². The number of hydrogen-bond acceptors (Lipinski definition) is 3. The van der Waals surface area contributed by atoms with Gasteiger partial charge in [0.2, 0.25) is 0 Å². The van der Waals surface area contributed by atoms with Crippen LogP contribution in [0.4, 0.5) is 5.69 Å². The number of nitrogens with one attached hydrogen (secondary N) is 1. The molecule has 2 rings (SSSR count). The zero-order valence-corrected chi connectivity index (χ0v) is 12.2. The number of halogens is 1. The first-order valence-corrected chi connectivity index (χ1v) is 7.07. The van der Waals surface area contributed by atoms with Crippen molar-refractivity contribution in [1.82, 2.24) is 10.2 Å². The minimum absolute atomic E-state index is 0.447. The molecule has 20 heavy (non-hydrogen) atoms. The average molecular weight is 296 g/mol. The normalized spacial score (nSPS) is 15.1. The molecule has 0 aromatic heterocycles. The van der Waals surface area contributed by atoms with E-state index in [1.807, 2.05) is 24.3 Å². The minimum atomic E-state index is -0.524. The Hall–Kier alpha value is -1.75. The molecule has 0 radical (unpaired) electrons. The summed E-state index contributed by atoms with van der Waals surface area (Å²) in [6, 6.07) is 7.64.